The lowest BCUT2D eigenvalue weighted by Crippen LogP contribution is -2.12. The van der Waals surface area contributed by atoms with Crippen molar-refractivity contribution < 1.29 is 17.9 Å². The Morgan fingerprint density at radius 3 is 2.76 bits per heavy atom. The summed E-state index contributed by atoms with van der Waals surface area (Å²) in [5.41, 5.74) is 0.0547. The number of hydrogen-bond donors (Lipinski definition) is 1. The minimum absolute atomic E-state index is 0.147. The van der Waals surface area contributed by atoms with Gasteiger partial charge in [0, 0.05) is 24.5 Å². The summed E-state index contributed by atoms with van der Waals surface area (Å²) in [6.07, 6.45) is -1.21. The van der Waals surface area contributed by atoms with Crippen LogP contribution < -0.4 is 10.1 Å². The number of halogens is 3. The van der Waals surface area contributed by atoms with E-state index in [1.54, 1.807) is 18.5 Å². The monoisotopic (exact) mass is 296 g/mol. The van der Waals surface area contributed by atoms with Crippen molar-refractivity contribution in [2.45, 2.75) is 19.6 Å². The standard InChI is InChI=1S/C15H15F3N2O/c1-2-19-9-11-10-20-7-6-14(11)21-13-5-3-4-12(8-13)15(16,17)18/h3-8,10,19H,2,9H2,1H3. The summed E-state index contributed by atoms with van der Waals surface area (Å²) in [7, 11) is 0. The highest BCUT2D eigenvalue weighted by Gasteiger charge is 2.30. The minimum Gasteiger partial charge on any atom is -0.457 e. The van der Waals surface area contributed by atoms with Crippen molar-refractivity contribution in [2.24, 2.45) is 0 Å². The fourth-order valence-electron chi connectivity index (χ4n) is 1.77. The Morgan fingerprint density at radius 1 is 1.24 bits per heavy atom. The van der Waals surface area contributed by atoms with E-state index in [1.165, 1.54) is 12.1 Å². The summed E-state index contributed by atoms with van der Waals surface area (Å²) >= 11 is 0. The summed E-state index contributed by atoms with van der Waals surface area (Å²) in [4.78, 5) is 4.00. The second kappa shape index (κ2) is 6.58. The second-order valence-electron chi connectivity index (χ2n) is 4.39. The first-order valence-corrected chi connectivity index (χ1v) is 6.49. The SMILES string of the molecule is CCNCc1cnccc1Oc1cccc(C(F)(F)F)c1. The zero-order valence-electron chi connectivity index (χ0n) is 11.4. The van der Waals surface area contributed by atoms with E-state index >= 15 is 0 Å². The van der Waals surface area contributed by atoms with Gasteiger partial charge in [-0.3, -0.25) is 4.98 Å². The van der Waals surface area contributed by atoms with Gasteiger partial charge in [-0.15, -0.1) is 0 Å². The van der Waals surface area contributed by atoms with Crippen LogP contribution in [0.5, 0.6) is 11.5 Å². The highest BCUT2D eigenvalue weighted by Crippen LogP contribution is 2.33. The summed E-state index contributed by atoms with van der Waals surface area (Å²) < 4.78 is 43.6. The zero-order chi connectivity index (χ0) is 15.3. The fourth-order valence-corrected chi connectivity index (χ4v) is 1.77. The van der Waals surface area contributed by atoms with Gasteiger partial charge in [0.2, 0.25) is 0 Å². The second-order valence-corrected chi connectivity index (χ2v) is 4.39. The van der Waals surface area contributed by atoms with Crippen LogP contribution in [-0.4, -0.2) is 11.5 Å². The van der Waals surface area contributed by atoms with Crippen LogP contribution in [0, 0.1) is 0 Å². The first-order chi connectivity index (χ1) is 10.0. The molecule has 1 N–H and O–H groups in total. The molecule has 0 fully saturated rings. The quantitative estimate of drug-likeness (QED) is 0.905. The predicted molar refractivity (Wildman–Crippen MR) is 73.1 cm³/mol. The molecule has 0 unspecified atom stereocenters. The van der Waals surface area contributed by atoms with Crippen LogP contribution in [0.3, 0.4) is 0 Å². The van der Waals surface area contributed by atoms with Crippen LogP contribution in [0.2, 0.25) is 0 Å². The van der Waals surface area contributed by atoms with Crippen LogP contribution in [-0.2, 0) is 12.7 Å². The molecule has 2 rings (SSSR count). The number of ether oxygens (including phenoxy) is 1. The molecule has 0 atom stereocenters. The molecule has 0 saturated heterocycles. The molecular weight excluding hydrogens is 281 g/mol. The Labute approximate surface area is 120 Å². The maximum Gasteiger partial charge on any atom is 0.416 e. The third-order valence-corrected chi connectivity index (χ3v) is 2.81. The molecule has 1 aromatic heterocycles. The van der Waals surface area contributed by atoms with Gasteiger partial charge in [0.15, 0.2) is 0 Å². The van der Waals surface area contributed by atoms with Crippen LogP contribution in [0.25, 0.3) is 0 Å². The van der Waals surface area contributed by atoms with Gasteiger partial charge in [0.1, 0.15) is 11.5 Å². The lowest BCUT2D eigenvalue weighted by molar-refractivity contribution is -0.137. The zero-order valence-corrected chi connectivity index (χ0v) is 11.4. The van der Waals surface area contributed by atoms with E-state index in [9.17, 15) is 13.2 Å². The van der Waals surface area contributed by atoms with Gasteiger partial charge in [-0.2, -0.15) is 13.2 Å². The molecule has 0 saturated carbocycles. The molecule has 0 spiro atoms. The summed E-state index contributed by atoms with van der Waals surface area (Å²) in [5, 5.41) is 3.13. The van der Waals surface area contributed by atoms with Crippen LogP contribution in [0.15, 0.2) is 42.7 Å². The van der Waals surface area contributed by atoms with Gasteiger partial charge in [-0.25, -0.2) is 0 Å². The Balaban J connectivity index is 2.22. The first kappa shape index (κ1) is 15.3. The number of alkyl halides is 3. The van der Waals surface area contributed by atoms with Crippen LogP contribution in [0.4, 0.5) is 13.2 Å². The molecule has 0 amide bonds. The smallest absolute Gasteiger partial charge is 0.416 e. The van der Waals surface area contributed by atoms with Gasteiger partial charge in [-0.05, 0) is 30.8 Å². The molecular formula is C15H15F3N2O. The van der Waals surface area contributed by atoms with E-state index in [1.807, 2.05) is 6.92 Å². The van der Waals surface area contributed by atoms with Crippen molar-refractivity contribution in [1.29, 1.82) is 0 Å². The normalized spacial score (nSPS) is 11.4. The first-order valence-electron chi connectivity index (χ1n) is 6.49. The molecule has 2 aromatic rings. The molecule has 0 radical (unpaired) electrons. The summed E-state index contributed by atoms with van der Waals surface area (Å²) in [5.74, 6) is 0.638. The van der Waals surface area contributed by atoms with Gasteiger partial charge in [0.25, 0.3) is 0 Å². The van der Waals surface area contributed by atoms with Gasteiger partial charge >= 0.3 is 6.18 Å². The Bertz CT molecular complexity index is 599. The number of pyridine rings is 1. The molecule has 3 nitrogen and oxygen atoms in total. The molecule has 0 bridgehead atoms. The van der Waals surface area contributed by atoms with Crippen LogP contribution in [0.1, 0.15) is 18.1 Å². The Morgan fingerprint density at radius 2 is 2.05 bits per heavy atom. The average Bonchev–Trinajstić information content (AvgIpc) is 2.46. The largest absolute Gasteiger partial charge is 0.457 e. The van der Waals surface area contributed by atoms with Gasteiger partial charge in [0.05, 0.1) is 5.56 Å². The molecule has 0 aliphatic carbocycles. The maximum absolute atomic E-state index is 12.7. The van der Waals surface area contributed by atoms with Crippen molar-refractivity contribution in [3.8, 4) is 11.5 Å². The van der Waals surface area contributed by atoms with E-state index in [-0.39, 0.29) is 5.75 Å². The number of rotatable bonds is 5. The lowest BCUT2D eigenvalue weighted by Gasteiger charge is -2.12. The highest BCUT2D eigenvalue weighted by molar-refractivity contribution is 5.38. The Hall–Kier alpha value is -2.08. The minimum atomic E-state index is -4.38. The molecule has 21 heavy (non-hydrogen) atoms. The fraction of sp³-hybridized carbons (Fsp3) is 0.267. The highest BCUT2D eigenvalue weighted by atomic mass is 19.4. The van der Waals surface area contributed by atoms with Crippen molar-refractivity contribution in [2.75, 3.05) is 6.54 Å². The number of aromatic nitrogens is 1. The van der Waals surface area contributed by atoms with E-state index < -0.39 is 11.7 Å². The van der Waals surface area contributed by atoms with Crippen molar-refractivity contribution in [1.82, 2.24) is 10.3 Å². The lowest BCUT2D eigenvalue weighted by atomic mass is 10.2. The third kappa shape index (κ3) is 4.19. The van der Waals surface area contributed by atoms with Crippen molar-refractivity contribution >= 4 is 0 Å². The molecule has 1 aromatic carbocycles. The average molecular weight is 296 g/mol. The molecule has 1 heterocycles. The summed E-state index contributed by atoms with van der Waals surface area (Å²) in [6, 6.07) is 6.44. The van der Waals surface area contributed by atoms with Gasteiger partial charge < -0.3 is 10.1 Å². The summed E-state index contributed by atoms with van der Waals surface area (Å²) in [6.45, 7) is 3.28. The van der Waals surface area contributed by atoms with E-state index in [0.717, 1.165) is 24.2 Å². The number of benzene rings is 1. The molecule has 6 heteroatoms. The molecule has 112 valence electrons. The Kier molecular flexibility index (Phi) is 4.80. The van der Waals surface area contributed by atoms with E-state index in [4.69, 9.17) is 4.74 Å². The predicted octanol–water partition coefficient (Wildman–Crippen LogP) is 4.00. The molecule has 0 aliphatic heterocycles. The maximum atomic E-state index is 12.7. The van der Waals surface area contributed by atoms with Crippen molar-refractivity contribution in [3.63, 3.8) is 0 Å². The number of hydrogen-bond acceptors (Lipinski definition) is 3. The number of nitrogens with zero attached hydrogens (tertiary/aromatic N) is 1. The third-order valence-electron chi connectivity index (χ3n) is 2.81. The van der Waals surface area contributed by atoms with Crippen molar-refractivity contribution in [3.05, 3.63) is 53.9 Å². The van der Waals surface area contributed by atoms with Gasteiger partial charge in [-0.1, -0.05) is 13.0 Å². The van der Waals surface area contributed by atoms with E-state index in [2.05, 4.69) is 10.3 Å². The van der Waals surface area contributed by atoms with Crippen LogP contribution >= 0.6 is 0 Å². The number of nitrogens with one attached hydrogen (secondary N) is 1. The van der Waals surface area contributed by atoms with E-state index in [0.29, 0.717) is 12.3 Å². The topological polar surface area (TPSA) is 34.2 Å². The molecule has 0 aliphatic rings.